The number of nitrogens with zero attached hydrogens (tertiary/aromatic N) is 2. The van der Waals surface area contributed by atoms with Crippen molar-refractivity contribution >= 4 is 18.1 Å². The lowest BCUT2D eigenvalue weighted by atomic mass is 9.94. The zero-order valence-corrected chi connectivity index (χ0v) is 13.1. The normalized spacial score (nSPS) is 22.4. The van der Waals surface area contributed by atoms with E-state index in [0.29, 0.717) is 18.2 Å². The molecule has 2 unspecified atom stereocenters. The highest BCUT2D eigenvalue weighted by Crippen LogP contribution is 2.27. The lowest BCUT2D eigenvalue weighted by Crippen LogP contribution is -2.45. The van der Waals surface area contributed by atoms with E-state index in [9.17, 15) is 10.1 Å². The summed E-state index contributed by atoms with van der Waals surface area (Å²) in [5.41, 5.74) is 6.96. The second-order valence-corrected chi connectivity index (χ2v) is 5.42. The lowest BCUT2D eigenvalue weighted by Gasteiger charge is -2.35. The number of benzene rings is 1. The minimum absolute atomic E-state index is 0. The molecule has 1 saturated heterocycles. The molecule has 21 heavy (non-hydrogen) atoms. The average molecular weight is 316 g/mol. The monoisotopic (exact) mass is 315 g/mol. The number of nitro groups is 1. The molecule has 0 bridgehead atoms. The summed E-state index contributed by atoms with van der Waals surface area (Å²) in [5.74, 6) is 1.13. The molecule has 7 heteroatoms. The number of ether oxygens (including phenoxy) is 1. The van der Waals surface area contributed by atoms with E-state index in [0.717, 1.165) is 25.1 Å². The summed E-state index contributed by atoms with van der Waals surface area (Å²) >= 11 is 0. The molecule has 0 radical (unpaired) electrons. The fraction of sp³-hybridized carbons (Fsp3) is 0.571. The Balaban J connectivity index is 0.00000220. The van der Waals surface area contributed by atoms with E-state index in [1.54, 1.807) is 19.2 Å². The molecule has 1 heterocycles. The molecule has 0 amide bonds. The van der Waals surface area contributed by atoms with Crippen LogP contribution in [-0.4, -0.2) is 36.1 Å². The van der Waals surface area contributed by atoms with E-state index in [-0.39, 0.29) is 29.1 Å². The van der Waals surface area contributed by atoms with Gasteiger partial charge in [0, 0.05) is 36.8 Å². The molecular formula is C14H22ClN3O3. The number of non-ortho nitro benzene ring substituents is 1. The van der Waals surface area contributed by atoms with E-state index < -0.39 is 0 Å². The Kier molecular flexibility index (Phi) is 6.39. The van der Waals surface area contributed by atoms with Crippen molar-refractivity contribution in [3.63, 3.8) is 0 Å². The van der Waals surface area contributed by atoms with Gasteiger partial charge in [-0.05, 0) is 24.9 Å². The van der Waals surface area contributed by atoms with Crippen molar-refractivity contribution in [2.24, 2.45) is 11.7 Å². The van der Waals surface area contributed by atoms with Crippen LogP contribution in [0.2, 0.25) is 0 Å². The van der Waals surface area contributed by atoms with Crippen molar-refractivity contribution in [1.29, 1.82) is 0 Å². The van der Waals surface area contributed by atoms with E-state index in [2.05, 4.69) is 11.8 Å². The molecule has 0 aromatic heterocycles. The first kappa shape index (κ1) is 17.7. The molecule has 0 spiro atoms. The van der Waals surface area contributed by atoms with Crippen LogP contribution >= 0.6 is 12.4 Å². The van der Waals surface area contributed by atoms with Crippen LogP contribution in [0.1, 0.15) is 18.9 Å². The van der Waals surface area contributed by atoms with Crippen LogP contribution in [0.15, 0.2) is 18.2 Å². The number of halogens is 1. The Morgan fingerprint density at radius 1 is 1.52 bits per heavy atom. The van der Waals surface area contributed by atoms with Gasteiger partial charge >= 0.3 is 0 Å². The predicted molar refractivity (Wildman–Crippen MR) is 83.9 cm³/mol. The lowest BCUT2D eigenvalue weighted by molar-refractivity contribution is -0.385. The standard InChI is InChI=1S/C14H21N3O3.ClH/c1-10-8-16(6-5-13(10)15)9-11-7-12(17(18)19)3-4-14(11)20-2;/h3-4,7,10,13H,5-6,8-9,15H2,1-2H3;1H. The fourth-order valence-corrected chi connectivity index (χ4v) is 2.64. The van der Waals surface area contributed by atoms with Gasteiger partial charge in [-0.15, -0.1) is 12.4 Å². The van der Waals surface area contributed by atoms with Crippen molar-refractivity contribution in [2.75, 3.05) is 20.2 Å². The first-order valence-corrected chi connectivity index (χ1v) is 6.80. The van der Waals surface area contributed by atoms with Crippen molar-refractivity contribution < 1.29 is 9.66 Å². The highest BCUT2D eigenvalue weighted by molar-refractivity contribution is 5.85. The first-order chi connectivity index (χ1) is 9.51. The van der Waals surface area contributed by atoms with E-state index in [1.807, 2.05) is 0 Å². The molecule has 0 saturated carbocycles. The first-order valence-electron chi connectivity index (χ1n) is 6.80. The van der Waals surface area contributed by atoms with Gasteiger partial charge in [0.25, 0.3) is 5.69 Å². The number of hydrogen-bond donors (Lipinski definition) is 1. The second kappa shape index (κ2) is 7.59. The summed E-state index contributed by atoms with van der Waals surface area (Å²) in [6.07, 6.45) is 0.957. The fourth-order valence-electron chi connectivity index (χ4n) is 2.64. The molecule has 0 aliphatic carbocycles. The van der Waals surface area contributed by atoms with Gasteiger partial charge in [0.15, 0.2) is 0 Å². The third-order valence-corrected chi connectivity index (χ3v) is 3.92. The highest BCUT2D eigenvalue weighted by atomic mass is 35.5. The maximum Gasteiger partial charge on any atom is 0.270 e. The molecule has 1 fully saturated rings. The molecule has 6 nitrogen and oxygen atoms in total. The van der Waals surface area contributed by atoms with Gasteiger partial charge in [0.05, 0.1) is 12.0 Å². The number of hydrogen-bond acceptors (Lipinski definition) is 5. The number of piperidine rings is 1. The van der Waals surface area contributed by atoms with Crippen molar-refractivity contribution in [2.45, 2.75) is 25.9 Å². The van der Waals surface area contributed by atoms with Crippen LogP contribution in [0.5, 0.6) is 5.75 Å². The Labute approximate surface area is 130 Å². The number of likely N-dealkylation sites (tertiary alicyclic amines) is 1. The Morgan fingerprint density at radius 3 is 2.81 bits per heavy atom. The van der Waals surface area contributed by atoms with E-state index in [4.69, 9.17) is 10.5 Å². The van der Waals surface area contributed by atoms with Crippen LogP contribution < -0.4 is 10.5 Å². The topological polar surface area (TPSA) is 81.6 Å². The van der Waals surface area contributed by atoms with Crippen LogP contribution in [0.4, 0.5) is 5.69 Å². The number of methoxy groups -OCH3 is 1. The maximum absolute atomic E-state index is 10.9. The number of nitro benzene ring substituents is 1. The third-order valence-electron chi connectivity index (χ3n) is 3.92. The minimum atomic E-state index is -0.377. The quantitative estimate of drug-likeness (QED) is 0.680. The van der Waals surface area contributed by atoms with Crippen molar-refractivity contribution in [3.05, 3.63) is 33.9 Å². The average Bonchev–Trinajstić information content (AvgIpc) is 2.42. The zero-order valence-electron chi connectivity index (χ0n) is 12.3. The minimum Gasteiger partial charge on any atom is -0.496 e. The summed E-state index contributed by atoms with van der Waals surface area (Å²) < 4.78 is 5.30. The maximum atomic E-state index is 10.9. The van der Waals surface area contributed by atoms with Crippen molar-refractivity contribution in [1.82, 2.24) is 4.90 Å². The molecule has 118 valence electrons. The van der Waals surface area contributed by atoms with Crippen LogP contribution in [0.25, 0.3) is 0 Å². The molecule has 1 aromatic rings. The molecule has 1 aliphatic heterocycles. The molecule has 2 rings (SSSR count). The molecule has 1 aliphatic rings. The number of nitrogens with two attached hydrogens (primary N) is 1. The Bertz CT molecular complexity index is 498. The molecular weight excluding hydrogens is 294 g/mol. The molecule has 2 N–H and O–H groups in total. The van der Waals surface area contributed by atoms with Gasteiger partial charge in [-0.25, -0.2) is 0 Å². The second-order valence-electron chi connectivity index (χ2n) is 5.42. The summed E-state index contributed by atoms with van der Waals surface area (Å²) in [4.78, 5) is 12.8. The summed E-state index contributed by atoms with van der Waals surface area (Å²) in [5, 5.41) is 10.9. The van der Waals surface area contributed by atoms with Gasteiger partial charge < -0.3 is 10.5 Å². The predicted octanol–water partition coefficient (Wildman–Crippen LogP) is 2.19. The van der Waals surface area contributed by atoms with Crippen LogP contribution in [0.3, 0.4) is 0 Å². The number of rotatable bonds is 4. The van der Waals surface area contributed by atoms with Gasteiger partial charge in [0.1, 0.15) is 5.75 Å². The zero-order chi connectivity index (χ0) is 14.7. The van der Waals surface area contributed by atoms with Crippen LogP contribution in [-0.2, 0) is 6.54 Å². The smallest absolute Gasteiger partial charge is 0.270 e. The summed E-state index contributed by atoms with van der Waals surface area (Å²) in [6, 6.07) is 4.97. The third kappa shape index (κ3) is 4.30. The SMILES string of the molecule is COc1ccc([N+](=O)[O-])cc1CN1CCC(N)C(C)C1.Cl. The summed E-state index contributed by atoms with van der Waals surface area (Å²) in [7, 11) is 1.58. The molecule has 2 atom stereocenters. The van der Waals surface area contributed by atoms with Gasteiger partial charge in [-0.1, -0.05) is 6.92 Å². The highest BCUT2D eigenvalue weighted by Gasteiger charge is 2.24. The summed E-state index contributed by atoms with van der Waals surface area (Å²) in [6.45, 7) is 4.62. The Morgan fingerprint density at radius 2 is 2.24 bits per heavy atom. The largest absolute Gasteiger partial charge is 0.496 e. The van der Waals surface area contributed by atoms with Gasteiger partial charge in [0.2, 0.25) is 0 Å². The molecule has 1 aromatic carbocycles. The van der Waals surface area contributed by atoms with Crippen molar-refractivity contribution in [3.8, 4) is 5.75 Å². The Hall–Kier alpha value is -1.37. The van der Waals surface area contributed by atoms with Gasteiger partial charge in [-0.3, -0.25) is 15.0 Å². The van der Waals surface area contributed by atoms with E-state index in [1.165, 1.54) is 6.07 Å². The van der Waals surface area contributed by atoms with Crippen LogP contribution in [0, 0.1) is 16.0 Å². The van der Waals surface area contributed by atoms with Gasteiger partial charge in [-0.2, -0.15) is 0 Å². The van der Waals surface area contributed by atoms with E-state index >= 15 is 0 Å².